The van der Waals surface area contributed by atoms with Crippen molar-refractivity contribution < 1.29 is 8.42 Å². The molecule has 0 aromatic heterocycles. The smallest absolute Gasteiger partial charge is 0.204 e. The number of aryl methyl sites for hydroxylation is 1. The zero-order valence-corrected chi connectivity index (χ0v) is 11.8. The summed E-state index contributed by atoms with van der Waals surface area (Å²) in [7, 11) is -3.26. The Kier molecular flexibility index (Phi) is 3.20. The van der Waals surface area contributed by atoms with Crippen LogP contribution >= 0.6 is 0 Å². The maximum absolute atomic E-state index is 12.5. The van der Waals surface area contributed by atoms with Gasteiger partial charge >= 0.3 is 0 Å². The van der Waals surface area contributed by atoms with Crippen LogP contribution in [-0.4, -0.2) is 46.0 Å². The molecule has 4 nitrogen and oxygen atoms in total. The van der Waals surface area contributed by atoms with Crippen LogP contribution in [0.1, 0.15) is 11.1 Å². The Morgan fingerprint density at radius 3 is 2.74 bits per heavy atom. The normalized spacial score (nSPS) is 22.1. The van der Waals surface area contributed by atoms with Crippen LogP contribution in [0.5, 0.6) is 0 Å². The molecule has 0 atom stereocenters. The van der Waals surface area contributed by atoms with Crippen molar-refractivity contribution in [1.82, 2.24) is 10.2 Å². The Balaban J connectivity index is 1.89. The summed E-state index contributed by atoms with van der Waals surface area (Å²) in [6.45, 7) is 6.18. The number of nitrogens with one attached hydrogen (secondary N) is 1. The van der Waals surface area contributed by atoms with Gasteiger partial charge in [0, 0.05) is 32.7 Å². The number of fused-ring (bicyclic) bond motifs is 1. The molecule has 0 radical (unpaired) electrons. The van der Waals surface area contributed by atoms with Gasteiger partial charge in [0.1, 0.15) is 0 Å². The van der Waals surface area contributed by atoms with Gasteiger partial charge in [0.05, 0.1) is 9.80 Å². The van der Waals surface area contributed by atoms with Gasteiger partial charge in [0.25, 0.3) is 0 Å². The Hall–Kier alpha value is -1.17. The maximum Gasteiger partial charge on any atom is 0.204 e. The lowest BCUT2D eigenvalue weighted by molar-refractivity contribution is 0.263. The zero-order valence-electron chi connectivity index (χ0n) is 11.0. The summed E-state index contributed by atoms with van der Waals surface area (Å²) in [5, 5.41) is 3.27. The van der Waals surface area contributed by atoms with Crippen molar-refractivity contribution in [2.75, 3.05) is 32.7 Å². The van der Waals surface area contributed by atoms with Crippen molar-refractivity contribution in [2.45, 2.75) is 11.8 Å². The highest BCUT2D eigenvalue weighted by Crippen LogP contribution is 2.33. The minimum Gasteiger partial charge on any atom is -0.314 e. The van der Waals surface area contributed by atoms with Crippen LogP contribution in [0.3, 0.4) is 0 Å². The van der Waals surface area contributed by atoms with E-state index in [2.05, 4.69) is 10.2 Å². The van der Waals surface area contributed by atoms with Crippen LogP contribution in [0.2, 0.25) is 0 Å². The molecule has 1 fully saturated rings. The molecule has 0 unspecified atom stereocenters. The van der Waals surface area contributed by atoms with E-state index < -0.39 is 9.84 Å². The van der Waals surface area contributed by atoms with Crippen LogP contribution in [0, 0.1) is 6.92 Å². The number of nitrogens with zero attached hydrogens (tertiary/aromatic N) is 1. The van der Waals surface area contributed by atoms with Crippen molar-refractivity contribution in [2.24, 2.45) is 0 Å². The first-order valence-electron chi connectivity index (χ1n) is 6.57. The van der Waals surface area contributed by atoms with Gasteiger partial charge in [0.15, 0.2) is 0 Å². The van der Waals surface area contributed by atoms with Gasteiger partial charge < -0.3 is 5.32 Å². The highest BCUT2D eigenvalue weighted by atomic mass is 32.2. The molecule has 0 amide bonds. The van der Waals surface area contributed by atoms with Gasteiger partial charge in [-0.1, -0.05) is 17.7 Å². The summed E-state index contributed by atoms with van der Waals surface area (Å²) in [5.74, 6) is 0. The SMILES string of the molecule is Cc1ccc2c(c1)C=C(CN1CCNCC1)S2(=O)=O. The Bertz CT molecular complexity index is 629. The maximum atomic E-state index is 12.5. The third-order valence-corrected chi connectivity index (χ3v) is 5.59. The van der Waals surface area contributed by atoms with Crippen LogP contribution in [0.15, 0.2) is 28.0 Å². The summed E-state index contributed by atoms with van der Waals surface area (Å²) < 4.78 is 24.9. The van der Waals surface area contributed by atoms with E-state index >= 15 is 0 Å². The molecule has 0 aliphatic carbocycles. The first-order chi connectivity index (χ1) is 9.07. The van der Waals surface area contributed by atoms with E-state index in [4.69, 9.17) is 0 Å². The van der Waals surface area contributed by atoms with E-state index in [1.807, 2.05) is 25.1 Å². The molecular weight excluding hydrogens is 260 g/mol. The summed E-state index contributed by atoms with van der Waals surface area (Å²) in [6.07, 6.45) is 1.83. The standard InChI is InChI=1S/C14H18N2O2S/c1-11-2-3-14-12(8-11)9-13(19(14,17)18)10-16-6-4-15-5-7-16/h2-3,8-9,15H,4-7,10H2,1H3. The molecule has 5 heteroatoms. The average Bonchev–Trinajstić information content (AvgIpc) is 2.62. The number of rotatable bonds is 2. The second-order valence-corrected chi connectivity index (χ2v) is 7.15. The highest BCUT2D eigenvalue weighted by Gasteiger charge is 2.30. The number of piperazine rings is 1. The van der Waals surface area contributed by atoms with Crippen LogP contribution in [0.4, 0.5) is 0 Å². The van der Waals surface area contributed by atoms with E-state index in [1.54, 1.807) is 6.07 Å². The molecule has 1 aromatic carbocycles. The zero-order chi connectivity index (χ0) is 13.5. The van der Waals surface area contributed by atoms with Crippen LogP contribution in [-0.2, 0) is 9.84 Å². The van der Waals surface area contributed by atoms with Gasteiger partial charge in [-0.3, -0.25) is 4.90 Å². The quantitative estimate of drug-likeness (QED) is 0.878. The van der Waals surface area contributed by atoms with Gasteiger partial charge in [-0.25, -0.2) is 8.42 Å². The fraction of sp³-hybridized carbons (Fsp3) is 0.429. The molecule has 0 spiro atoms. The minimum atomic E-state index is -3.26. The van der Waals surface area contributed by atoms with E-state index in [0.29, 0.717) is 16.3 Å². The second-order valence-electron chi connectivity index (χ2n) is 5.18. The number of hydrogen-bond acceptors (Lipinski definition) is 4. The molecule has 1 aromatic rings. The fourth-order valence-corrected chi connectivity index (χ4v) is 4.23. The third kappa shape index (κ3) is 2.33. The molecule has 2 heterocycles. The van der Waals surface area contributed by atoms with Gasteiger partial charge in [-0.05, 0) is 24.6 Å². The van der Waals surface area contributed by atoms with Gasteiger partial charge in [-0.2, -0.15) is 0 Å². The monoisotopic (exact) mass is 278 g/mol. The van der Waals surface area contributed by atoms with E-state index in [9.17, 15) is 8.42 Å². The first-order valence-corrected chi connectivity index (χ1v) is 8.05. The van der Waals surface area contributed by atoms with Gasteiger partial charge in [0.2, 0.25) is 9.84 Å². The lowest BCUT2D eigenvalue weighted by atomic mass is 10.1. The molecule has 0 saturated carbocycles. The number of hydrogen-bond donors (Lipinski definition) is 1. The number of sulfone groups is 1. The van der Waals surface area contributed by atoms with Crippen molar-refractivity contribution in [3.8, 4) is 0 Å². The van der Waals surface area contributed by atoms with Crippen molar-refractivity contribution in [1.29, 1.82) is 0 Å². The summed E-state index contributed by atoms with van der Waals surface area (Å²) in [6, 6.07) is 5.52. The first kappa shape index (κ1) is 12.8. The lowest BCUT2D eigenvalue weighted by Crippen LogP contribution is -2.44. The van der Waals surface area contributed by atoms with E-state index in [1.165, 1.54) is 0 Å². The highest BCUT2D eigenvalue weighted by molar-refractivity contribution is 7.95. The number of benzene rings is 1. The predicted octanol–water partition coefficient (Wildman–Crippen LogP) is 1.03. The van der Waals surface area contributed by atoms with Gasteiger partial charge in [-0.15, -0.1) is 0 Å². The topological polar surface area (TPSA) is 49.4 Å². The second kappa shape index (κ2) is 4.74. The molecule has 1 saturated heterocycles. The third-order valence-electron chi connectivity index (χ3n) is 3.71. The predicted molar refractivity (Wildman–Crippen MR) is 75.7 cm³/mol. The Labute approximate surface area is 114 Å². The average molecular weight is 278 g/mol. The minimum absolute atomic E-state index is 0.461. The van der Waals surface area contributed by atoms with E-state index in [0.717, 1.165) is 37.3 Å². The molecular formula is C14H18N2O2S. The Morgan fingerprint density at radius 2 is 2.00 bits per heavy atom. The molecule has 2 aliphatic heterocycles. The fourth-order valence-electron chi connectivity index (χ4n) is 2.64. The Morgan fingerprint density at radius 1 is 1.26 bits per heavy atom. The van der Waals surface area contributed by atoms with E-state index in [-0.39, 0.29) is 0 Å². The van der Waals surface area contributed by atoms with Crippen LogP contribution < -0.4 is 5.32 Å². The largest absolute Gasteiger partial charge is 0.314 e. The van der Waals surface area contributed by atoms with Crippen molar-refractivity contribution in [3.05, 3.63) is 34.2 Å². The molecule has 2 aliphatic rings. The summed E-state index contributed by atoms with van der Waals surface area (Å²) in [4.78, 5) is 3.19. The molecule has 0 bridgehead atoms. The molecule has 1 N–H and O–H groups in total. The lowest BCUT2D eigenvalue weighted by Gasteiger charge is -2.27. The summed E-state index contributed by atoms with van der Waals surface area (Å²) in [5.41, 5.74) is 1.93. The molecule has 3 rings (SSSR count). The van der Waals surface area contributed by atoms with Crippen molar-refractivity contribution >= 4 is 15.9 Å². The summed E-state index contributed by atoms with van der Waals surface area (Å²) >= 11 is 0. The molecule has 102 valence electrons. The van der Waals surface area contributed by atoms with Crippen LogP contribution in [0.25, 0.3) is 6.08 Å². The van der Waals surface area contributed by atoms with Crippen molar-refractivity contribution in [3.63, 3.8) is 0 Å². The molecule has 19 heavy (non-hydrogen) atoms.